The van der Waals surface area contributed by atoms with Gasteiger partial charge in [0.1, 0.15) is 6.61 Å². The Hall–Kier alpha value is -0.940. The van der Waals surface area contributed by atoms with Crippen LogP contribution in [-0.2, 0) is 18.4 Å². The maximum absolute atomic E-state index is 5.96. The predicted octanol–water partition coefficient (Wildman–Crippen LogP) is 1.74. The monoisotopic (exact) mass is 264 g/mol. The normalized spacial score (nSPS) is 22.2. The fourth-order valence-corrected chi connectivity index (χ4v) is 3.08. The van der Waals surface area contributed by atoms with Crippen LogP contribution in [0.5, 0.6) is 0 Å². The fraction of sp³-hybridized carbons (Fsp3) is 0.857. The zero-order valence-corrected chi connectivity index (χ0v) is 11.8. The Balaban J connectivity index is 1.57. The van der Waals surface area contributed by atoms with Crippen LogP contribution < -0.4 is 5.32 Å². The first-order chi connectivity index (χ1) is 9.33. The molecule has 1 saturated carbocycles. The maximum Gasteiger partial charge on any atom is 0.154 e. The molecule has 2 fully saturated rings. The number of aromatic nitrogens is 3. The van der Waals surface area contributed by atoms with E-state index in [0.29, 0.717) is 18.6 Å². The van der Waals surface area contributed by atoms with Crippen molar-refractivity contribution >= 4 is 0 Å². The molecule has 0 spiro atoms. The zero-order valence-electron chi connectivity index (χ0n) is 11.8. The summed E-state index contributed by atoms with van der Waals surface area (Å²) in [5.41, 5.74) is 0. The molecule has 3 rings (SSSR count). The number of nitrogens with zero attached hydrogens (tertiary/aromatic N) is 3. The van der Waals surface area contributed by atoms with Crippen molar-refractivity contribution in [2.24, 2.45) is 7.05 Å². The summed E-state index contributed by atoms with van der Waals surface area (Å²) in [6, 6.07) is 0. The lowest BCUT2D eigenvalue weighted by molar-refractivity contribution is 0.0164. The highest BCUT2D eigenvalue weighted by Gasteiger charge is 2.22. The Morgan fingerprint density at radius 1 is 1.21 bits per heavy atom. The Kier molecular flexibility index (Phi) is 4.13. The van der Waals surface area contributed by atoms with Crippen molar-refractivity contribution in [3.05, 3.63) is 11.6 Å². The summed E-state index contributed by atoms with van der Waals surface area (Å²) in [7, 11) is 1.98. The average Bonchev–Trinajstić information content (AvgIpc) is 3.07. The summed E-state index contributed by atoms with van der Waals surface area (Å²) in [6.07, 6.45) is 7.74. The molecule has 5 nitrogen and oxygen atoms in total. The third-order valence-electron chi connectivity index (χ3n) is 4.32. The maximum atomic E-state index is 5.96. The minimum Gasteiger partial charge on any atom is -0.370 e. The highest BCUT2D eigenvalue weighted by molar-refractivity contribution is 5.00. The van der Waals surface area contributed by atoms with Crippen LogP contribution in [-0.4, -0.2) is 34.0 Å². The lowest BCUT2D eigenvalue weighted by atomic mass is 10.1. The molecule has 1 N–H and O–H groups in total. The Bertz CT molecular complexity index is 406. The van der Waals surface area contributed by atoms with Gasteiger partial charge < -0.3 is 10.1 Å². The summed E-state index contributed by atoms with van der Waals surface area (Å²) in [4.78, 5) is 4.69. The molecule has 1 aromatic rings. The number of ether oxygens (including phenoxy) is 1. The molecule has 0 bridgehead atoms. The van der Waals surface area contributed by atoms with Crippen LogP contribution in [0.3, 0.4) is 0 Å². The molecular formula is C14H24N4O. The molecule has 19 heavy (non-hydrogen) atoms. The summed E-state index contributed by atoms with van der Waals surface area (Å²) >= 11 is 0. The molecule has 1 aliphatic carbocycles. The van der Waals surface area contributed by atoms with E-state index in [1.807, 2.05) is 11.7 Å². The smallest absolute Gasteiger partial charge is 0.154 e. The van der Waals surface area contributed by atoms with E-state index < -0.39 is 0 Å². The van der Waals surface area contributed by atoms with Gasteiger partial charge in [0.15, 0.2) is 11.6 Å². The van der Waals surface area contributed by atoms with Crippen molar-refractivity contribution in [1.82, 2.24) is 20.1 Å². The average molecular weight is 264 g/mol. The van der Waals surface area contributed by atoms with E-state index in [4.69, 9.17) is 4.74 Å². The van der Waals surface area contributed by atoms with Crippen molar-refractivity contribution in [3.63, 3.8) is 0 Å². The molecule has 1 saturated heterocycles. The SMILES string of the molecule is Cn1nc(C2CCCC2)nc1COC1CCNCC1. The van der Waals surface area contributed by atoms with E-state index in [1.54, 1.807) is 0 Å². The zero-order chi connectivity index (χ0) is 13.1. The molecule has 1 aromatic heterocycles. The summed E-state index contributed by atoms with van der Waals surface area (Å²) < 4.78 is 7.86. The lowest BCUT2D eigenvalue weighted by Gasteiger charge is -2.22. The van der Waals surface area contributed by atoms with Crippen LogP contribution in [0.2, 0.25) is 0 Å². The van der Waals surface area contributed by atoms with Gasteiger partial charge in [-0.25, -0.2) is 4.98 Å². The van der Waals surface area contributed by atoms with Gasteiger partial charge in [-0.3, -0.25) is 4.68 Å². The van der Waals surface area contributed by atoms with Crippen molar-refractivity contribution in [2.45, 2.75) is 57.2 Å². The molecule has 0 amide bonds. The molecule has 2 aliphatic rings. The Morgan fingerprint density at radius 3 is 2.68 bits per heavy atom. The van der Waals surface area contributed by atoms with Gasteiger partial charge in [-0.15, -0.1) is 0 Å². The number of nitrogens with one attached hydrogen (secondary N) is 1. The third kappa shape index (κ3) is 3.15. The molecule has 0 atom stereocenters. The highest BCUT2D eigenvalue weighted by Crippen LogP contribution is 2.32. The Labute approximate surface area is 114 Å². The van der Waals surface area contributed by atoms with E-state index >= 15 is 0 Å². The predicted molar refractivity (Wildman–Crippen MR) is 72.9 cm³/mol. The first-order valence-corrected chi connectivity index (χ1v) is 7.55. The van der Waals surface area contributed by atoms with Gasteiger partial charge in [0.25, 0.3) is 0 Å². The highest BCUT2D eigenvalue weighted by atomic mass is 16.5. The molecular weight excluding hydrogens is 240 g/mol. The van der Waals surface area contributed by atoms with Crippen LogP contribution in [0, 0.1) is 0 Å². The van der Waals surface area contributed by atoms with E-state index in [-0.39, 0.29) is 0 Å². The second-order valence-corrected chi connectivity index (χ2v) is 5.75. The second-order valence-electron chi connectivity index (χ2n) is 5.75. The summed E-state index contributed by atoms with van der Waals surface area (Å²) in [5, 5.41) is 7.92. The first-order valence-electron chi connectivity index (χ1n) is 7.55. The standard InChI is InChI=1S/C14H24N4O/c1-18-13(10-19-12-6-8-15-9-7-12)16-14(17-18)11-4-2-3-5-11/h11-12,15H,2-10H2,1H3. The van der Waals surface area contributed by atoms with Gasteiger partial charge in [0, 0.05) is 13.0 Å². The van der Waals surface area contributed by atoms with Crippen molar-refractivity contribution < 1.29 is 4.74 Å². The number of rotatable bonds is 4. The number of aryl methyl sites for hydroxylation is 1. The van der Waals surface area contributed by atoms with E-state index in [0.717, 1.165) is 37.6 Å². The van der Waals surface area contributed by atoms with Gasteiger partial charge in [-0.2, -0.15) is 5.10 Å². The van der Waals surface area contributed by atoms with Crippen LogP contribution in [0.15, 0.2) is 0 Å². The van der Waals surface area contributed by atoms with Gasteiger partial charge in [0.05, 0.1) is 6.10 Å². The van der Waals surface area contributed by atoms with Crippen LogP contribution in [0.4, 0.5) is 0 Å². The minimum absolute atomic E-state index is 0.382. The summed E-state index contributed by atoms with van der Waals surface area (Å²) in [6.45, 7) is 2.73. The molecule has 0 aromatic carbocycles. The fourth-order valence-electron chi connectivity index (χ4n) is 3.08. The van der Waals surface area contributed by atoms with Crippen LogP contribution >= 0.6 is 0 Å². The summed E-state index contributed by atoms with van der Waals surface area (Å²) in [5.74, 6) is 2.59. The van der Waals surface area contributed by atoms with E-state index in [2.05, 4.69) is 15.4 Å². The van der Waals surface area contributed by atoms with Crippen molar-refractivity contribution in [2.75, 3.05) is 13.1 Å². The number of piperidine rings is 1. The topological polar surface area (TPSA) is 52.0 Å². The van der Waals surface area contributed by atoms with Crippen LogP contribution in [0.1, 0.15) is 56.1 Å². The van der Waals surface area contributed by atoms with Crippen molar-refractivity contribution in [1.29, 1.82) is 0 Å². The number of hydrogen-bond acceptors (Lipinski definition) is 4. The third-order valence-corrected chi connectivity index (χ3v) is 4.32. The minimum atomic E-state index is 0.382. The van der Waals surface area contributed by atoms with Gasteiger partial charge in [-0.05, 0) is 38.8 Å². The van der Waals surface area contributed by atoms with Gasteiger partial charge in [-0.1, -0.05) is 12.8 Å². The van der Waals surface area contributed by atoms with Gasteiger partial charge in [0.2, 0.25) is 0 Å². The molecule has 106 valence electrons. The molecule has 2 heterocycles. The molecule has 5 heteroatoms. The number of hydrogen-bond donors (Lipinski definition) is 1. The molecule has 1 aliphatic heterocycles. The quantitative estimate of drug-likeness (QED) is 0.900. The largest absolute Gasteiger partial charge is 0.370 e. The van der Waals surface area contributed by atoms with E-state index in [9.17, 15) is 0 Å². The van der Waals surface area contributed by atoms with Crippen molar-refractivity contribution in [3.8, 4) is 0 Å². The second kappa shape index (κ2) is 6.01. The molecule has 0 unspecified atom stereocenters. The van der Waals surface area contributed by atoms with E-state index in [1.165, 1.54) is 25.7 Å². The first kappa shape index (κ1) is 13.1. The molecule has 0 radical (unpaired) electrons. The lowest BCUT2D eigenvalue weighted by Crippen LogP contribution is -2.32. The Morgan fingerprint density at radius 2 is 1.95 bits per heavy atom. The van der Waals surface area contributed by atoms with Gasteiger partial charge >= 0.3 is 0 Å². The van der Waals surface area contributed by atoms with Crippen LogP contribution in [0.25, 0.3) is 0 Å².